The molecule has 2 saturated heterocycles. The summed E-state index contributed by atoms with van der Waals surface area (Å²) < 4.78 is 10.6. The molecule has 0 spiro atoms. The highest BCUT2D eigenvalue weighted by atomic mass is 16.6. The van der Waals surface area contributed by atoms with Crippen LogP contribution in [0.3, 0.4) is 0 Å². The first kappa shape index (κ1) is 7.10. The first-order valence-electron chi connectivity index (χ1n) is 4.08. The van der Waals surface area contributed by atoms with E-state index in [2.05, 4.69) is 0 Å². The Hall–Kier alpha value is -0.570. The van der Waals surface area contributed by atoms with Gasteiger partial charge < -0.3 is 9.47 Å². The second-order valence-corrected chi connectivity index (χ2v) is 3.26. The van der Waals surface area contributed by atoms with Crippen LogP contribution in [0.25, 0.3) is 0 Å². The zero-order chi connectivity index (χ0) is 7.84. The maximum Gasteiger partial charge on any atom is 0.302 e. The average molecular weight is 156 g/mol. The maximum atomic E-state index is 10.6. The summed E-state index contributed by atoms with van der Waals surface area (Å²) in [6.07, 6.45) is 3.72. The third-order valence-electron chi connectivity index (χ3n) is 2.37. The second kappa shape index (κ2) is 2.48. The van der Waals surface area contributed by atoms with Crippen LogP contribution in [0.4, 0.5) is 0 Å². The number of ether oxygens (including phenoxy) is 2. The molecule has 2 aliphatic heterocycles. The van der Waals surface area contributed by atoms with Gasteiger partial charge >= 0.3 is 5.97 Å². The third-order valence-corrected chi connectivity index (χ3v) is 2.37. The number of esters is 1. The minimum atomic E-state index is -0.189. The average Bonchev–Trinajstić information content (AvgIpc) is 2.45. The molecule has 0 aromatic heterocycles. The highest BCUT2D eigenvalue weighted by Gasteiger charge is 2.42. The van der Waals surface area contributed by atoms with Crippen molar-refractivity contribution < 1.29 is 14.3 Å². The topological polar surface area (TPSA) is 35.5 Å². The summed E-state index contributed by atoms with van der Waals surface area (Å²) in [5.74, 6) is -0.189. The highest BCUT2D eigenvalue weighted by Crippen LogP contribution is 2.35. The molecule has 0 aromatic rings. The zero-order valence-electron chi connectivity index (χ0n) is 6.58. The quantitative estimate of drug-likeness (QED) is 0.528. The largest absolute Gasteiger partial charge is 0.460 e. The van der Waals surface area contributed by atoms with Gasteiger partial charge in [-0.2, -0.15) is 0 Å². The second-order valence-electron chi connectivity index (χ2n) is 3.26. The Kier molecular flexibility index (Phi) is 1.60. The Labute approximate surface area is 65.7 Å². The normalized spacial score (nSPS) is 41.0. The Morgan fingerprint density at radius 1 is 1.55 bits per heavy atom. The van der Waals surface area contributed by atoms with Gasteiger partial charge in [-0.3, -0.25) is 4.79 Å². The first-order chi connectivity index (χ1) is 5.25. The van der Waals surface area contributed by atoms with Crippen molar-refractivity contribution in [2.75, 3.05) is 0 Å². The molecule has 0 aliphatic carbocycles. The number of carbonyl (C=O) groups is 1. The van der Waals surface area contributed by atoms with Crippen LogP contribution in [-0.4, -0.2) is 24.3 Å². The van der Waals surface area contributed by atoms with Gasteiger partial charge in [-0.05, 0) is 12.8 Å². The summed E-state index contributed by atoms with van der Waals surface area (Å²) in [5, 5.41) is 0. The van der Waals surface area contributed by atoms with E-state index in [1.807, 2.05) is 0 Å². The van der Waals surface area contributed by atoms with Gasteiger partial charge in [0.25, 0.3) is 0 Å². The van der Waals surface area contributed by atoms with Crippen molar-refractivity contribution >= 4 is 5.97 Å². The van der Waals surface area contributed by atoms with Crippen LogP contribution in [0, 0.1) is 0 Å². The molecule has 0 saturated carbocycles. The Morgan fingerprint density at radius 2 is 2.36 bits per heavy atom. The molecule has 2 rings (SSSR count). The lowest BCUT2D eigenvalue weighted by atomic mass is 9.98. The molecule has 3 nitrogen and oxygen atoms in total. The monoisotopic (exact) mass is 156 g/mol. The molecule has 2 fully saturated rings. The molecule has 11 heavy (non-hydrogen) atoms. The SMILES string of the molecule is CC(=O)OC1CC2CCC1O2. The van der Waals surface area contributed by atoms with E-state index in [0.29, 0.717) is 6.10 Å². The third kappa shape index (κ3) is 1.25. The van der Waals surface area contributed by atoms with Crippen LogP contribution in [0.2, 0.25) is 0 Å². The van der Waals surface area contributed by atoms with Crippen molar-refractivity contribution in [2.24, 2.45) is 0 Å². The lowest BCUT2D eigenvalue weighted by Crippen LogP contribution is -2.27. The lowest BCUT2D eigenvalue weighted by molar-refractivity contribution is -0.148. The molecular formula is C8H12O3. The summed E-state index contributed by atoms with van der Waals surface area (Å²) >= 11 is 0. The standard InChI is InChI=1S/C8H12O3/c1-5(9)10-8-4-6-2-3-7(8)11-6/h6-8H,2-4H2,1H3. The van der Waals surface area contributed by atoms with E-state index in [9.17, 15) is 4.79 Å². The van der Waals surface area contributed by atoms with Gasteiger partial charge in [0.2, 0.25) is 0 Å². The summed E-state index contributed by atoms with van der Waals surface area (Å²) in [7, 11) is 0. The predicted molar refractivity (Wildman–Crippen MR) is 38.1 cm³/mol. The smallest absolute Gasteiger partial charge is 0.302 e. The van der Waals surface area contributed by atoms with E-state index in [0.717, 1.165) is 19.3 Å². The number of hydrogen-bond acceptors (Lipinski definition) is 3. The molecule has 2 bridgehead atoms. The van der Waals surface area contributed by atoms with E-state index in [1.165, 1.54) is 6.92 Å². The van der Waals surface area contributed by atoms with Crippen LogP contribution in [-0.2, 0) is 14.3 Å². The number of carbonyl (C=O) groups excluding carboxylic acids is 1. The van der Waals surface area contributed by atoms with Crippen molar-refractivity contribution in [1.29, 1.82) is 0 Å². The van der Waals surface area contributed by atoms with E-state index in [-0.39, 0.29) is 18.2 Å². The van der Waals surface area contributed by atoms with Crippen LogP contribution >= 0.6 is 0 Å². The summed E-state index contributed by atoms with van der Waals surface area (Å²) in [4.78, 5) is 10.6. The van der Waals surface area contributed by atoms with Gasteiger partial charge in [-0.1, -0.05) is 0 Å². The molecule has 2 heterocycles. The van der Waals surface area contributed by atoms with Gasteiger partial charge in [-0.25, -0.2) is 0 Å². The van der Waals surface area contributed by atoms with Gasteiger partial charge in [0.15, 0.2) is 0 Å². The van der Waals surface area contributed by atoms with Crippen LogP contribution in [0.15, 0.2) is 0 Å². The predicted octanol–water partition coefficient (Wildman–Crippen LogP) is 0.869. The van der Waals surface area contributed by atoms with Gasteiger partial charge in [0.1, 0.15) is 6.10 Å². The van der Waals surface area contributed by atoms with Gasteiger partial charge in [0, 0.05) is 13.3 Å². The lowest BCUT2D eigenvalue weighted by Gasteiger charge is -2.17. The van der Waals surface area contributed by atoms with Crippen molar-refractivity contribution in [1.82, 2.24) is 0 Å². The van der Waals surface area contributed by atoms with Gasteiger partial charge in [-0.15, -0.1) is 0 Å². The van der Waals surface area contributed by atoms with Crippen molar-refractivity contribution in [3.8, 4) is 0 Å². The number of hydrogen-bond donors (Lipinski definition) is 0. The molecule has 0 N–H and O–H groups in total. The molecule has 3 unspecified atom stereocenters. The van der Waals surface area contributed by atoms with Crippen LogP contribution in [0.5, 0.6) is 0 Å². The Morgan fingerprint density at radius 3 is 2.82 bits per heavy atom. The highest BCUT2D eigenvalue weighted by molar-refractivity contribution is 5.66. The first-order valence-corrected chi connectivity index (χ1v) is 4.08. The Bertz CT molecular complexity index is 178. The molecule has 3 atom stereocenters. The molecule has 0 amide bonds. The molecule has 0 radical (unpaired) electrons. The fourth-order valence-corrected chi connectivity index (χ4v) is 1.93. The van der Waals surface area contributed by atoms with Crippen molar-refractivity contribution in [3.63, 3.8) is 0 Å². The summed E-state index contributed by atoms with van der Waals surface area (Å²) in [6, 6.07) is 0. The number of fused-ring (bicyclic) bond motifs is 2. The van der Waals surface area contributed by atoms with E-state index in [4.69, 9.17) is 9.47 Å². The fourth-order valence-electron chi connectivity index (χ4n) is 1.93. The Balaban J connectivity index is 1.92. The van der Waals surface area contributed by atoms with Crippen molar-refractivity contribution in [3.05, 3.63) is 0 Å². The molecule has 3 heteroatoms. The minimum Gasteiger partial charge on any atom is -0.460 e. The minimum absolute atomic E-state index is 0.0475. The number of rotatable bonds is 1. The van der Waals surface area contributed by atoms with E-state index < -0.39 is 0 Å². The molecular weight excluding hydrogens is 144 g/mol. The van der Waals surface area contributed by atoms with E-state index >= 15 is 0 Å². The molecule has 2 aliphatic rings. The zero-order valence-corrected chi connectivity index (χ0v) is 6.58. The molecule has 0 aromatic carbocycles. The van der Waals surface area contributed by atoms with E-state index in [1.54, 1.807) is 0 Å². The van der Waals surface area contributed by atoms with Crippen molar-refractivity contribution in [2.45, 2.75) is 44.5 Å². The van der Waals surface area contributed by atoms with Crippen LogP contribution < -0.4 is 0 Å². The summed E-state index contributed by atoms with van der Waals surface area (Å²) in [5.41, 5.74) is 0. The molecule has 62 valence electrons. The maximum absolute atomic E-state index is 10.6. The van der Waals surface area contributed by atoms with Gasteiger partial charge in [0.05, 0.1) is 12.2 Å². The summed E-state index contributed by atoms with van der Waals surface area (Å²) in [6.45, 7) is 1.45. The van der Waals surface area contributed by atoms with Crippen LogP contribution in [0.1, 0.15) is 26.2 Å². The fraction of sp³-hybridized carbons (Fsp3) is 0.875.